The third kappa shape index (κ3) is 1.30. The molecule has 0 fully saturated rings. The average molecular weight is 263 g/mol. The van der Waals surface area contributed by atoms with E-state index in [4.69, 9.17) is 0 Å². The number of nitro groups is 2. The van der Waals surface area contributed by atoms with E-state index in [0.29, 0.717) is 5.52 Å². The predicted molar refractivity (Wildman–Crippen MR) is 60.6 cm³/mol. The van der Waals surface area contributed by atoms with E-state index in [1.807, 2.05) is 0 Å². The van der Waals surface area contributed by atoms with E-state index in [1.165, 1.54) is 10.8 Å². The zero-order chi connectivity index (χ0) is 13.7. The standard InChI is InChI=1S/C9H7N6O4/c1-11-6-3-2-4-10-8(6)13-9(15(18)19)7(14(16)17)5-12(11)13/h2-5H,1H3/q+1. The second-order valence-electron chi connectivity index (χ2n) is 3.85. The van der Waals surface area contributed by atoms with Crippen LogP contribution >= 0.6 is 0 Å². The van der Waals surface area contributed by atoms with Crippen molar-refractivity contribution in [2.24, 2.45) is 7.05 Å². The first-order valence-electron chi connectivity index (χ1n) is 5.18. The monoisotopic (exact) mass is 263 g/mol. The fraction of sp³-hybridized carbons (Fsp3) is 0.111. The molecule has 0 saturated carbocycles. The molecule has 0 unspecified atom stereocenters. The fourth-order valence-corrected chi connectivity index (χ4v) is 2.06. The first-order chi connectivity index (χ1) is 9.02. The van der Waals surface area contributed by atoms with E-state index < -0.39 is 21.4 Å². The molecular formula is C9H7N6O4+. The molecule has 0 saturated heterocycles. The molecule has 3 aromatic heterocycles. The predicted octanol–water partition coefficient (Wildman–Crippen LogP) is 0.228. The van der Waals surface area contributed by atoms with Gasteiger partial charge in [0.25, 0.3) is 0 Å². The van der Waals surface area contributed by atoms with Crippen molar-refractivity contribution in [3.63, 3.8) is 0 Å². The van der Waals surface area contributed by atoms with Crippen molar-refractivity contribution >= 4 is 22.7 Å². The van der Waals surface area contributed by atoms with E-state index in [0.717, 1.165) is 10.7 Å². The van der Waals surface area contributed by atoms with Crippen molar-refractivity contribution in [2.75, 3.05) is 0 Å². The highest BCUT2D eigenvalue weighted by Crippen LogP contribution is 2.24. The van der Waals surface area contributed by atoms with Gasteiger partial charge in [-0.25, -0.2) is 0 Å². The highest BCUT2D eigenvalue weighted by molar-refractivity contribution is 5.67. The van der Waals surface area contributed by atoms with Crippen LogP contribution in [0.5, 0.6) is 0 Å². The van der Waals surface area contributed by atoms with Gasteiger partial charge in [-0.1, -0.05) is 0 Å². The van der Waals surface area contributed by atoms with Gasteiger partial charge in [0.15, 0.2) is 6.20 Å². The van der Waals surface area contributed by atoms with Gasteiger partial charge in [0.2, 0.25) is 5.52 Å². The normalized spacial score (nSPS) is 11.2. The molecule has 96 valence electrons. The first-order valence-corrected chi connectivity index (χ1v) is 5.18. The molecule has 3 rings (SSSR count). The van der Waals surface area contributed by atoms with Crippen LogP contribution in [0.15, 0.2) is 24.5 Å². The Labute approximate surface area is 104 Å². The van der Waals surface area contributed by atoms with Crippen LogP contribution in [0.4, 0.5) is 11.5 Å². The van der Waals surface area contributed by atoms with Gasteiger partial charge in [-0.3, -0.25) is 10.1 Å². The summed E-state index contributed by atoms with van der Waals surface area (Å²) in [6.07, 6.45) is 2.57. The zero-order valence-corrected chi connectivity index (χ0v) is 9.63. The summed E-state index contributed by atoms with van der Waals surface area (Å²) in [6, 6.07) is 3.40. The topological polar surface area (TPSA) is 113 Å². The molecule has 10 nitrogen and oxygen atoms in total. The summed E-state index contributed by atoms with van der Waals surface area (Å²) >= 11 is 0. The Morgan fingerprint density at radius 3 is 2.68 bits per heavy atom. The maximum Gasteiger partial charge on any atom is 0.434 e. The average Bonchev–Trinajstić information content (AvgIpc) is 2.88. The van der Waals surface area contributed by atoms with Crippen LogP contribution in [0.3, 0.4) is 0 Å². The number of aryl methyl sites for hydroxylation is 1. The first kappa shape index (κ1) is 11.1. The largest absolute Gasteiger partial charge is 0.434 e. The summed E-state index contributed by atoms with van der Waals surface area (Å²) in [5.41, 5.74) is 0.332. The third-order valence-corrected chi connectivity index (χ3v) is 2.86. The molecule has 3 aromatic rings. The van der Waals surface area contributed by atoms with Gasteiger partial charge in [-0.15, -0.1) is 4.68 Å². The lowest BCUT2D eigenvalue weighted by Crippen LogP contribution is -2.30. The lowest BCUT2D eigenvalue weighted by atomic mass is 10.4. The molecule has 0 spiro atoms. The number of fused-ring (bicyclic) bond motifs is 3. The summed E-state index contributed by atoms with van der Waals surface area (Å²) < 4.78 is 3.93. The van der Waals surface area contributed by atoms with E-state index in [9.17, 15) is 20.2 Å². The number of hydrogen-bond donors (Lipinski definition) is 0. The summed E-state index contributed by atoms with van der Waals surface area (Å²) in [5, 5.41) is 22.0. The maximum atomic E-state index is 11.1. The molecule has 0 aliphatic carbocycles. The van der Waals surface area contributed by atoms with Gasteiger partial charge in [-0.2, -0.15) is 0 Å². The minimum atomic E-state index is -0.785. The van der Waals surface area contributed by atoms with Gasteiger partial charge in [-0.05, 0) is 31.2 Å². The van der Waals surface area contributed by atoms with E-state index in [2.05, 4.69) is 4.98 Å². The Balaban J connectivity index is 2.59. The Hall–Kier alpha value is -3.04. The van der Waals surface area contributed by atoms with Crippen LogP contribution in [-0.4, -0.2) is 24.1 Å². The molecule has 10 heteroatoms. The summed E-state index contributed by atoms with van der Waals surface area (Å²) in [4.78, 5) is 24.4. The van der Waals surface area contributed by atoms with Crippen LogP contribution in [-0.2, 0) is 7.05 Å². The molecule has 19 heavy (non-hydrogen) atoms. The minimum Gasteiger partial charge on any atom is -0.358 e. The highest BCUT2D eigenvalue weighted by Gasteiger charge is 2.37. The lowest BCUT2D eigenvalue weighted by molar-refractivity contribution is -0.657. The number of rotatable bonds is 2. The number of pyridine rings is 1. The fourth-order valence-electron chi connectivity index (χ4n) is 2.06. The quantitative estimate of drug-likeness (QED) is 0.373. The minimum absolute atomic E-state index is 0.282. The summed E-state index contributed by atoms with van der Waals surface area (Å²) in [6.45, 7) is 0. The van der Waals surface area contributed by atoms with Crippen LogP contribution < -0.4 is 4.52 Å². The second kappa shape index (κ2) is 3.48. The second-order valence-corrected chi connectivity index (χ2v) is 3.85. The van der Waals surface area contributed by atoms with E-state index in [-0.39, 0.29) is 5.65 Å². The van der Waals surface area contributed by atoms with Crippen LogP contribution in [0, 0.1) is 20.2 Å². The maximum absolute atomic E-state index is 11.1. The molecule has 0 bridgehead atoms. The molecule has 0 aliphatic heterocycles. The van der Waals surface area contributed by atoms with E-state index in [1.54, 1.807) is 23.9 Å². The van der Waals surface area contributed by atoms with Gasteiger partial charge in [0.05, 0.1) is 4.92 Å². The van der Waals surface area contributed by atoms with Crippen molar-refractivity contribution < 1.29 is 14.4 Å². The number of hydrogen-bond acceptors (Lipinski definition) is 5. The van der Waals surface area contributed by atoms with Crippen LogP contribution in [0.25, 0.3) is 11.2 Å². The van der Waals surface area contributed by atoms with E-state index >= 15 is 0 Å². The lowest BCUT2D eigenvalue weighted by Gasteiger charge is -1.89. The number of nitrogens with zero attached hydrogens (tertiary/aromatic N) is 6. The van der Waals surface area contributed by atoms with Crippen molar-refractivity contribution in [1.29, 1.82) is 0 Å². The van der Waals surface area contributed by atoms with Gasteiger partial charge in [0, 0.05) is 0 Å². The Morgan fingerprint density at radius 2 is 2.05 bits per heavy atom. The molecule has 0 aromatic carbocycles. The summed E-state index contributed by atoms with van der Waals surface area (Å²) in [5.74, 6) is -0.616. The smallest absolute Gasteiger partial charge is 0.358 e. The molecule has 0 atom stereocenters. The van der Waals surface area contributed by atoms with Crippen LogP contribution in [0.1, 0.15) is 0 Å². The SMILES string of the molecule is Cn1c2cccnc2[n+]2c([N+](=O)[O-])c([N+](=O)[O-])cn12. The zero-order valence-electron chi connectivity index (χ0n) is 9.63. The molecule has 0 radical (unpaired) electrons. The molecule has 3 heterocycles. The molecular weight excluding hydrogens is 256 g/mol. The van der Waals surface area contributed by atoms with Gasteiger partial charge >= 0.3 is 17.2 Å². The highest BCUT2D eigenvalue weighted by atomic mass is 16.6. The Bertz CT molecular complexity index is 847. The van der Waals surface area contributed by atoms with Crippen molar-refractivity contribution in [2.45, 2.75) is 0 Å². The molecule has 0 aliphatic rings. The van der Waals surface area contributed by atoms with Crippen molar-refractivity contribution in [3.8, 4) is 0 Å². The van der Waals surface area contributed by atoms with Gasteiger partial charge in [0.1, 0.15) is 13.2 Å². The Morgan fingerprint density at radius 1 is 1.32 bits per heavy atom. The molecule has 0 N–H and O–H groups in total. The van der Waals surface area contributed by atoms with Crippen LogP contribution in [0.2, 0.25) is 0 Å². The Kier molecular flexibility index (Phi) is 2.03. The summed E-state index contributed by atoms with van der Waals surface area (Å²) in [7, 11) is 1.64. The number of aromatic nitrogens is 4. The molecule has 0 amide bonds. The van der Waals surface area contributed by atoms with Crippen molar-refractivity contribution in [3.05, 3.63) is 44.8 Å². The third-order valence-electron chi connectivity index (χ3n) is 2.86. The van der Waals surface area contributed by atoms with Crippen molar-refractivity contribution in [1.82, 2.24) is 14.3 Å². The van der Waals surface area contributed by atoms with Gasteiger partial charge < -0.3 is 10.1 Å².